The van der Waals surface area contributed by atoms with Crippen LogP contribution in [-0.4, -0.2) is 13.4 Å². The first-order valence-corrected chi connectivity index (χ1v) is 5.34. The molecule has 0 atom stereocenters. The topological polar surface area (TPSA) is 35.5 Å². The predicted molar refractivity (Wildman–Crippen MR) is 64.9 cm³/mol. The van der Waals surface area contributed by atoms with Gasteiger partial charge in [0.05, 0.1) is 0 Å². The number of para-hydroxylation sites is 2. The molecule has 1 heterocycles. The molecule has 0 bridgehead atoms. The van der Waals surface area contributed by atoms with Crippen LogP contribution in [0, 0.1) is 0 Å². The van der Waals surface area contributed by atoms with E-state index in [9.17, 15) is 4.79 Å². The highest BCUT2D eigenvalue weighted by molar-refractivity contribution is 6.63. The molecule has 2 aromatic rings. The quantitative estimate of drug-likeness (QED) is 0.574. The van der Waals surface area contributed by atoms with E-state index in [0.29, 0.717) is 5.56 Å². The number of carbonyl (C=O) groups excluding carboxylic acids is 1. The van der Waals surface area contributed by atoms with Gasteiger partial charge in [0.25, 0.3) is 0 Å². The summed E-state index contributed by atoms with van der Waals surface area (Å²) in [7, 11) is -0.423. The van der Waals surface area contributed by atoms with Gasteiger partial charge in [0.15, 0.2) is 0 Å². The van der Waals surface area contributed by atoms with Gasteiger partial charge >= 0.3 is 7.12 Å². The van der Waals surface area contributed by atoms with Crippen molar-refractivity contribution in [1.82, 2.24) is 0 Å². The van der Waals surface area contributed by atoms with Gasteiger partial charge in [-0.2, -0.15) is 0 Å². The molecule has 1 aliphatic rings. The van der Waals surface area contributed by atoms with Gasteiger partial charge in [0, 0.05) is 11.0 Å². The summed E-state index contributed by atoms with van der Waals surface area (Å²) >= 11 is 0. The fraction of sp³-hybridized carbons (Fsp3) is 0. The third-order valence-corrected chi connectivity index (χ3v) is 2.66. The van der Waals surface area contributed by atoms with E-state index in [-0.39, 0.29) is 0 Å². The Kier molecular flexibility index (Phi) is 2.33. The normalized spacial score (nSPS) is 12.6. The maximum absolute atomic E-state index is 10.6. The molecule has 17 heavy (non-hydrogen) atoms. The van der Waals surface area contributed by atoms with Crippen molar-refractivity contribution in [3.05, 3.63) is 54.1 Å². The van der Waals surface area contributed by atoms with Crippen LogP contribution in [0.2, 0.25) is 0 Å². The minimum atomic E-state index is -0.423. The lowest BCUT2D eigenvalue weighted by Gasteiger charge is -2.04. The Labute approximate surface area is 99.1 Å². The molecular formula is C13H9BO3. The lowest BCUT2D eigenvalue weighted by Crippen LogP contribution is -2.38. The summed E-state index contributed by atoms with van der Waals surface area (Å²) in [6.07, 6.45) is 0.814. The molecule has 0 fully saturated rings. The van der Waals surface area contributed by atoms with E-state index >= 15 is 0 Å². The molecule has 0 amide bonds. The molecule has 0 radical (unpaired) electrons. The van der Waals surface area contributed by atoms with Crippen LogP contribution in [0.25, 0.3) is 0 Å². The second kappa shape index (κ2) is 3.98. The zero-order chi connectivity index (χ0) is 11.7. The van der Waals surface area contributed by atoms with Crippen molar-refractivity contribution in [3.8, 4) is 11.5 Å². The summed E-state index contributed by atoms with van der Waals surface area (Å²) in [5, 5.41) is 0. The number of benzene rings is 2. The first kappa shape index (κ1) is 9.96. The van der Waals surface area contributed by atoms with E-state index in [0.717, 1.165) is 23.2 Å². The Hall–Kier alpha value is -2.23. The van der Waals surface area contributed by atoms with Crippen molar-refractivity contribution in [3.63, 3.8) is 0 Å². The van der Waals surface area contributed by atoms with Crippen LogP contribution >= 0.6 is 0 Å². The molecule has 0 aliphatic carbocycles. The number of fused-ring (bicyclic) bond motifs is 1. The van der Waals surface area contributed by atoms with Gasteiger partial charge in [0.2, 0.25) is 0 Å². The monoisotopic (exact) mass is 224 g/mol. The zero-order valence-corrected chi connectivity index (χ0v) is 9.00. The molecule has 0 aromatic heterocycles. The summed E-state index contributed by atoms with van der Waals surface area (Å²) in [5.41, 5.74) is 1.54. The van der Waals surface area contributed by atoms with Crippen molar-refractivity contribution in [2.45, 2.75) is 0 Å². The van der Waals surface area contributed by atoms with Crippen molar-refractivity contribution in [2.75, 3.05) is 0 Å². The SMILES string of the molecule is O=Cc1ccc(B2Oc3ccccc3O2)cc1. The molecular weight excluding hydrogens is 215 g/mol. The smallest absolute Gasteiger partial charge is 0.519 e. The molecule has 3 nitrogen and oxygen atoms in total. The summed E-state index contributed by atoms with van der Waals surface area (Å²) in [6.45, 7) is 0. The standard InChI is InChI=1S/C13H9BO3/c15-9-10-5-7-11(8-6-10)14-16-12-3-1-2-4-13(12)17-14/h1-9H. The zero-order valence-electron chi connectivity index (χ0n) is 9.00. The average Bonchev–Trinajstić information content (AvgIpc) is 2.82. The Bertz CT molecular complexity index is 526. The second-order valence-corrected chi connectivity index (χ2v) is 3.80. The summed E-state index contributed by atoms with van der Waals surface area (Å²) in [5.74, 6) is 1.49. The van der Waals surface area contributed by atoms with Gasteiger partial charge in [-0.3, -0.25) is 4.79 Å². The lowest BCUT2D eigenvalue weighted by atomic mass is 9.79. The molecule has 1 aliphatic heterocycles. The van der Waals surface area contributed by atoms with Crippen molar-refractivity contribution < 1.29 is 14.1 Å². The van der Waals surface area contributed by atoms with Gasteiger partial charge in [0.1, 0.15) is 17.8 Å². The highest BCUT2D eigenvalue weighted by Crippen LogP contribution is 2.32. The molecule has 3 rings (SSSR count). The Balaban J connectivity index is 1.86. The van der Waals surface area contributed by atoms with E-state index in [2.05, 4.69) is 0 Å². The van der Waals surface area contributed by atoms with E-state index in [4.69, 9.17) is 9.31 Å². The van der Waals surface area contributed by atoms with Crippen LogP contribution < -0.4 is 14.8 Å². The predicted octanol–water partition coefficient (Wildman–Crippen LogP) is 1.67. The third-order valence-electron chi connectivity index (χ3n) is 2.66. The largest absolute Gasteiger partial charge is 0.632 e. The number of hydrogen-bond acceptors (Lipinski definition) is 3. The highest BCUT2D eigenvalue weighted by Gasteiger charge is 2.33. The number of aldehydes is 1. The van der Waals surface area contributed by atoms with Crippen LogP contribution in [0.5, 0.6) is 11.5 Å². The minimum absolute atomic E-state index is 0.423. The molecule has 0 spiro atoms. The molecule has 2 aromatic carbocycles. The van der Waals surface area contributed by atoms with Crippen molar-refractivity contribution >= 4 is 18.9 Å². The van der Waals surface area contributed by atoms with Gasteiger partial charge in [-0.05, 0) is 12.1 Å². The van der Waals surface area contributed by atoms with E-state index < -0.39 is 7.12 Å². The lowest BCUT2D eigenvalue weighted by molar-refractivity contribution is 0.112. The maximum Gasteiger partial charge on any atom is 0.632 e. The summed E-state index contributed by atoms with van der Waals surface area (Å²) in [4.78, 5) is 10.6. The number of rotatable bonds is 2. The molecule has 82 valence electrons. The van der Waals surface area contributed by atoms with Gasteiger partial charge in [-0.15, -0.1) is 0 Å². The van der Waals surface area contributed by atoms with Crippen LogP contribution in [0.3, 0.4) is 0 Å². The van der Waals surface area contributed by atoms with E-state index in [1.54, 1.807) is 12.1 Å². The summed E-state index contributed by atoms with van der Waals surface area (Å²) in [6, 6.07) is 14.7. The highest BCUT2D eigenvalue weighted by atomic mass is 16.6. The molecule has 0 saturated carbocycles. The van der Waals surface area contributed by atoms with Crippen molar-refractivity contribution in [2.24, 2.45) is 0 Å². The summed E-state index contributed by atoms with van der Waals surface area (Å²) < 4.78 is 11.3. The minimum Gasteiger partial charge on any atom is -0.519 e. The van der Waals surface area contributed by atoms with Crippen LogP contribution in [0.15, 0.2) is 48.5 Å². The third kappa shape index (κ3) is 1.78. The Morgan fingerprint density at radius 3 is 2.00 bits per heavy atom. The van der Waals surface area contributed by atoms with Gasteiger partial charge < -0.3 is 9.31 Å². The Morgan fingerprint density at radius 1 is 0.882 bits per heavy atom. The van der Waals surface area contributed by atoms with Crippen LogP contribution in [0.1, 0.15) is 10.4 Å². The van der Waals surface area contributed by atoms with E-state index in [1.807, 2.05) is 36.4 Å². The number of carbonyl (C=O) groups is 1. The fourth-order valence-electron chi connectivity index (χ4n) is 1.77. The molecule has 0 unspecified atom stereocenters. The fourth-order valence-corrected chi connectivity index (χ4v) is 1.77. The van der Waals surface area contributed by atoms with E-state index in [1.165, 1.54) is 0 Å². The first-order valence-electron chi connectivity index (χ1n) is 5.34. The average molecular weight is 224 g/mol. The second-order valence-electron chi connectivity index (χ2n) is 3.80. The van der Waals surface area contributed by atoms with Crippen LogP contribution in [-0.2, 0) is 0 Å². The molecule has 0 N–H and O–H groups in total. The van der Waals surface area contributed by atoms with Crippen molar-refractivity contribution in [1.29, 1.82) is 0 Å². The maximum atomic E-state index is 10.6. The van der Waals surface area contributed by atoms with Crippen LogP contribution in [0.4, 0.5) is 0 Å². The molecule has 0 saturated heterocycles. The van der Waals surface area contributed by atoms with Gasteiger partial charge in [-0.25, -0.2) is 0 Å². The van der Waals surface area contributed by atoms with Gasteiger partial charge in [-0.1, -0.05) is 36.4 Å². The number of hydrogen-bond donors (Lipinski definition) is 0. The molecule has 4 heteroatoms. The Morgan fingerprint density at radius 2 is 1.47 bits per heavy atom. The first-order chi connectivity index (χ1) is 8.36.